The summed E-state index contributed by atoms with van der Waals surface area (Å²) in [6, 6.07) is 2.68. The lowest BCUT2D eigenvalue weighted by atomic mass is 10.1. The van der Waals surface area contributed by atoms with E-state index < -0.39 is 29.2 Å². The minimum absolute atomic E-state index is 0.0619. The highest BCUT2D eigenvalue weighted by molar-refractivity contribution is 7.80. The lowest BCUT2D eigenvalue weighted by Crippen LogP contribution is -2.28. The normalized spacial score (nSPS) is 20.2. The summed E-state index contributed by atoms with van der Waals surface area (Å²) in [6.07, 6.45) is -4.61. The average molecular weight is 293 g/mol. The minimum atomic E-state index is -4.70. The Balaban J connectivity index is 2.48. The second kappa shape index (κ2) is 5.03. The molecule has 0 spiro atoms. The van der Waals surface area contributed by atoms with Gasteiger partial charge in [-0.25, -0.2) is 4.39 Å². The molecule has 0 N–H and O–H groups in total. The van der Waals surface area contributed by atoms with Gasteiger partial charge in [0, 0.05) is 13.0 Å². The number of thiol groups is 1. The van der Waals surface area contributed by atoms with E-state index in [0.29, 0.717) is 5.75 Å². The smallest absolute Gasteiger partial charge is 0.309 e. The van der Waals surface area contributed by atoms with Crippen LogP contribution in [0.5, 0.6) is 0 Å². The third-order valence-electron chi connectivity index (χ3n) is 3.03. The molecule has 0 saturated carbocycles. The van der Waals surface area contributed by atoms with Crippen molar-refractivity contribution in [2.24, 2.45) is 5.92 Å². The predicted octanol–water partition coefficient (Wildman–Crippen LogP) is 3.13. The molecular formula is C12H11F4NOS. The van der Waals surface area contributed by atoms with Crippen LogP contribution in [-0.4, -0.2) is 18.2 Å². The van der Waals surface area contributed by atoms with E-state index in [9.17, 15) is 22.4 Å². The highest BCUT2D eigenvalue weighted by atomic mass is 32.1. The van der Waals surface area contributed by atoms with Crippen LogP contribution in [0, 0.1) is 11.7 Å². The van der Waals surface area contributed by atoms with E-state index in [-0.39, 0.29) is 18.9 Å². The number of halogens is 4. The fourth-order valence-electron chi connectivity index (χ4n) is 2.14. The number of hydrogen-bond acceptors (Lipinski definition) is 2. The number of benzene rings is 1. The quantitative estimate of drug-likeness (QED) is 0.656. The zero-order valence-corrected chi connectivity index (χ0v) is 10.6. The molecule has 1 fully saturated rings. The number of nitrogens with zero attached hydrogens (tertiary/aromatic N) is 1. The third-order valence-corrected chi connectivity index (χ3v) is 3.54. The molecule has 1 aliphatic rings. The summed E-state index contributed by atoms with van der Waals surface area (Å²) in [7, 11) is 0. The fourth-order valence-corrected chi connectivity index (χ4v) is 2.38. The largest absolute Gasteiger partial charge is 0.418 e. The van der Waals surface area contributed by atoms with E-state index in [2.05, 4.69) is 12.6 Å². The van der Waals surface area contributed by atoms with Gasteiger partial charge in [0.25, 0.3) is 0 Å². The van der Waals surface area contributed by atoms with E-state index >= 15 is 0 Å². The number of para-hydroxylation sites is 1. The molecule has 0 aromatic heterocycles. The maximum Gasteiger partial charge on any atom is 0.418 e. The van der Waals surface area contributed by atoms with Gasteiger partial charge in [-0.15, -0.1) is 0 Å². The summed E-state index contributed by atoms with van der Waals surface area (Å²) >= 11 is 4.02. The summed E-state index contributed by atoms with van der Waals surface area (Å²) in [5, 5.41) is 0. The molecule has 1 aliphatic heterocycles. The first kappa shape index (κ1) is 14.2. The van der Waals surface area contributed by atoms with E-state index in [1.165, 1.54) is 0 Å². The maximum absolute atomic E-state index is 13.7. The molecule has 0 aliphatic carbocycles. The zero-order valence-electron chi connectivity index (χ0n) is 9.75. The summed E-state index contributed by atoms with van der Waals surface area (Å²) < 4.78 is 52.3. The minimum Gasteiger partial charge on any atom is -0.309 e. The fraction of sp³-hybridized carbons (Fsp3) is 0.417. The third kappa shape index (κ3) is 2.70. The lowest BCUT2D eigenvalue weighted by molar-refractivity contribution is -0.137. The second-order valence-corrected chi connectivity index (χ2v) is 4.76. The van der Waals surface area contributed by atoms with Crippen LogP contribution in [0.4, 0.5) is 23.2 Å². The van der Waals surface area contributed by atoms with E-state index in [0.717, 1.165) is 23.1 Å². The molecule has 0 bridgehead atoms. The molecule has 7 heteroatoms. The van der Waals surface area contributed by atoms with Crippen molar-refractivity contribution in [3.63, 3.8) is 0 Å². The van der Waals surface area contributed by atoms with Crippen LogP contribution in [-0.2, 0) is 11.0 Å². The van der Waals surface area contributed by atoms with Crippen LogP contribution in [0.1, 0.15) is 12.0 Å². The Morgan fingerprint density at radius 2 is 2.05 bits per heavy atom. The Labute approximate surface area is 112 Å². The Hall–Kier alpha value is -1.24. The first-order chi connectivity index (χ1) is 8.84. The molecule has 19 heavy (non-hydrogen) atoms. The van der Waals surface area contributed by atoms with Crippen LogP contribution in [0.25, 0.3) is 0 Å². The highest BCUT2D eigenvalue weighted by Crippen LogP contribution is 2.40. The molecule has 104 valence electrons. The molecule has 2 rings (SSSR count). The summed E-state index contributed by atoms with van der Waals surface area (Å²) in [5.41, 5.74) is -1.80. The number of carbonyl (C=O) groups excluding carboxylic acids is 1. The molecule has 1 saturated heterocycles. The van der Waals surface area contributed by atoms with Gasteiger partial charge in [0.2, 0.25) is 5.91 Å². The molecule has 0 radical (unpaired) electrons. The van der Waals surface area contributed by atoms with Gasteiger partial charge in [-0.3, -0.25) is 4.79 Å². The van der Waals surface area contributed by atoms with Crippen molar-refractivity contribution in [3.8, 4) is 0 Å². The van der Waals surface area contributed by atoms with Crippen LogP contribution >= 0.6 is 12.6 Å². The molecule has 1 amide bonds. The van der Waals surface area contributed by atoms with Gasteiger partial charge >= 0.3 is 6.18 Å². The number of carbonyl (C=O) groups is 1. The number of amides is 1. The Kier molecular flexibility index (Phi) is 3.75. The summed E-state index contributed by atoms with van der Waals surface area (Å²) in [5.74, 6) is -1.33. The molecule has 1 unspecified atom stereocenters. The molecule has 1 aromatic rings. The van der Waals surface area contributed by atoms with Gasteiger partial charge in [0.15, 0.2) is 0 Å². The summed E-state index contributed by atoms with van der Waals surface area (Å²) in [4.78, 5) is 12.6. The number of hydrogen-bond donors (Lipinski definition) is 1. The zero-order chi connectivity index (χ0) is 14.2. The summed E-state index contributed by atoms with van der Waals surface area (Å²) in [6.45, 7) is 0.0619. The monoisotopic (exact) mass is 293 g/mol. The maximum atomic E-state index is 13.7. The average Bonchev–Trinajstić information content (AvgIpc) is 2.69. The number of alkyl halides is 3. The number of rotatable bonds is 2. The topological polar surface area (TPSA) is 20.3 Å². The molecular weight excluding hydrogens is 282 g/mol. The Bertz CT molecular complexity index is 503. The van der Waals surface area contributed by atoms with Gasteiger partial charge in [-0.1, -0.05) is 6.07 Å². The first-order valence-electron chi connectivity index (χ1n) is 5.61. The Morgan fingerprint density at radius 1 is 1.37 bits per heavy atom. The Morgan fingerprint density at radius 3 is 2.58 bits per heavy atom. The van der Waals surface area contributed by atoms with Gasteiger partial charge in [-0.2, -0.15) is 25.8 Å². The number of anilines is 1. The van der Waals surface area contributed by atoms with Crippen LogP contribution in [0.2, 0.25) is 0 Å². The van der Waals surface area contributed by atoms with Crippen molar-refractivity contribution in [3.05, 3.63) is 29.6 Å². The van der Waals surface area contributed by atoms with Crippen molar-refractivity contribution in [1.29, 1.82) is 0 Å². The van der Waals surface area contributed by atoms with Crippen molar-refractivity contribution >= 4 is 24.2 Å². The van der Waals surface area contributed by atoms with E-state index in [1.54, 1.807) is 0 Å². The van der Waals surface area contributed by atoms with E-state index in [4.69, 9.17) is 0 Å². The molecule has 1 aromatic carbocycles. The van der Waals surface area contributed by atoms with Crippen LogP contribution < -0.4 is 4.90 Å². The van der Waals surface area contributed by atoms with Crippen molar-refractivity contribution in [2.45, 2.75) is 12.6 Å². The molecule has 2 nitrogen and oxygen atoms in total. The van der Waals surface area contributed by atoms with Crippen molar-refractivity contribution < 1.29 is 22.4 Å². The van der Waals surface area contributed by atoms with Gasteiger partial charge in [0.1, 0.15) is 5.82 Å². The van der Waals surface area contributed by atoms with E-state index in [1.807, 2.05) is 0 Å². The van der Waals surface area contributed by atoms with Crippen molar-refractivity contribution in [1.82, 2.24) is 0 Å². The van der Waals surface area contributed by atoms with Crippen molar-refractivity contribution in [2.75, 3.05) is 17.2 Å². The lowest BCUT2D eigenvalue weighted by Gasteiger charge is -2.22. The van der Waals surface area contributed by atoms with Crippen LogP contribution in [0.3, 0.4) is 0 Å². The standard InChI is InChI=1S/C12H11F4NOS/c13-9-3-1-2-8(12(14,15)16)11(9)17-5-7(6-19)4-10(17)18/h1-3,7,19H,4-6H2. The predicted molar refractivity (Wildman–Crippen MR) is 65.7 cm³/mol. The van der Waals surface area contributed by atoms with Gasteiger partial charge < -0.3 is 4.90 Å². The van der Waals surface area contributed by atoms with Crippen LogP contribution in [0.15, 0.2) is 18.2 Å². The SMILES string of the molecule is O=C1CC(CS)CN1c1c(F)cccc1C(F)(F)F. The highest BCUT2D eigenvalue weighted by Gasteiger charge is 2.40. The molecule has 1 atom stereocenters. The second-order valence-electron chi connectivity index (χ2n) is 4.39. The van der Waals surface area contributed by atoms with Gasteiger partial charge in [-0.05, 0) is 23.8 Å². The first-order valence-corrected chi connectivity index (χ1v) is 6.24. The molecule has 1 heterocycles. The van der Waals surface area contributed by atoms with Gasteiger partial charge in [0.05, 0.1) is 11.3 Å².